The minimum absolute atomic E-state index is 0.618. The number of methoxy groups -OCH3 is 1. The maximum absolute atomic E-state index is 10.6. The van der Waals surface area contributed by atoms with Crippen molar-refractivity contribution in [2.75, 3.05) is 7.11 Å². The molecule has 0 aliphatic heterocycles. The average Bonchev–Trinajstić information content (AvgIpc) is 2.41. The van der Waals surface area contributed by atoms with E-state index in [-0.39, 0.29) is 0 Å². The van der Waals surface area contributed by atoms with Crippen LogP contribution in [0.4, 0.5) is 0 Å². The van der Waals surface area contributed by atoms with Crippen LogP contribution < -0.4 is 4.74 Å². The van der Waals surface area contributed by atoms with Gasteiger partial charge in [-0.2, -0.15) is 0 Å². The van der Waals surface area contributed by atoms with Crippen LogP contribution in [0.1, 0.15) is 18.1 Å². The first-order chi connectivity index (χ1) is 9.48. The molecule has 0 aliphatic carbocycles. The molecular formula is C17H19BrO2. The Labute approximate surface area is 128 Å². The zero-order valence-corrected chi connectivity index (χ0v) is 13.4. The summed E-state index contributed by atoms with van der Waals surface area (Å²) in [5, 5.41) is 10.6. The topological polar surface area (TPSA) is 29.5 Å². The summed E-state index contributed by atoms with van der Waals surface area (Å²) in [6.07, 6.45) is 1.25. The molecule has 20 heavy (non-hydrogen) atoms. The standard InChI is InChI=1S/C17H19BrO2/c1-17(19,11-13-3-7-15(18)8-4-13)12-14-5-9-16(20-2)10-6-14/h3-10,19H,11-12H2,1-2H3. The van der Waals surface area contributed by atoms with E-state index in [1.807, 2.05) is 55.5 Å². The van der Waals surface area contributed by atoms with Crippen molar-refractivity contribution >= 4 is 15.9 Å². The molecule has 0 radical (unpaired) electrons. The fraction of sp³-hybridized carbons (Fsp3) is 0.294. The zero-order chi connectivity index (χ0) is 14.6. The summed E-state index contributed by atoms with van der Waals surface area (Å²) in [6.45, 7) is 1.87. The highest BCUT2D eigenvalue weighted by molar-refractivity contribution is 9.10. The van der Waals surface area contributed by atoms with E-state index in [4.69, 9.17) is 4.74 Å². The van der Waals surface area contributed by atoms with Gasteiger partial charge in [-0.1, -0.05) is 40.2 Å². The number of rotatable bonds is 5. The third-order valence-corrected chi connectivity index (χ3v) is 3.77. The third-order valence-electron chi connectivity index (χ3n) is 3.24. The maximum Gasteiger partial charge on any atom is 0.118 e. The Kier molecular flexibility index (Phi) is 4.84. The third kappa shape index (κ3) is 4.36. The van der Waals surface area contributed by atoms with Gasteiger partial charge in [-0.3, -0.25) is 0 Å². The van der Waals surface area contributed by atoms with Gasteiger partial charge in [0.1, 0.15) is 5.75 Å². The second kappa shape index (κ2) is 6.42. The quantitative estimate of drug-likeness (QED) is 0.895. The van der Waals surface area contributed by atoms with Crippen LogP contribution >= 0.6 is 15.9 Å². The molecule has 2 aromatic rings. The van der Waals surface area contributed by atoms with E-state index >= 15 is 0 Å². The number of benzene rings is 2. The van der Waals surface area contributed by atoms with Gasteiger partial charge in [0.25, 0.3) is 0 Å². The van der Waals surface area contributed by atoms with Crippen molar-refractivity contribution in [1.29, 1.82) is 0 Å². The molecule has 0 spiro atoms. The molecule has 2 nitrogen and oxygen atoms in total. The molecule has 0 amide bonds. The second-order valence-corrected chi connectivity index (χ2v) is 6.24. The van der Waals surface area contributed by atoms with Gasteiger partial charge in [-0.05, 0) is 42.3 Å². The number of halogens is 1. The van der Waals surface area contributed by atoms with E-state index < -0.39 is 5.60 Å². The van der Waals surface area contributed by atoms with Crippen molar-refractivity contribution in [1.82, 2.24) is 0 Å². The maximum atomic E-state index is 10.6. The van der Waals surface area contributed by atoms with E-state index in [2.05, 4.69) is 15.9 Å². The van der Waals surface area contributed by atoms with Gasteiger partial charge in [0.2, 0.25) is 0 Å². The smallest absolute Gasteiger partial charge is 0.118 e. The Morgan fingerprint density at radius 3 is 1.85 bits per heavy atom. The Balaban J connectivity index is 2.03. The highest BCUT2D eigenvalue weighted by Crippen LogP contribution is 2.21. The Hall–Kier alpha value is -1.32. The minimum atomic E-state index is -0.761. The van der Waals surface area contributed by atoms with E-state index in [0.29, 0.717) is 12.8 Å². The predicted molar refractivity (Wildman–Crippen MR) is 85.2 cm³/mol. The van der Waals surface area contributed by atoms with Crippen molar-refractivity contribution in [2.24, 2.45) is 0 Å². The monoisotopic (exact) mass is 334 g/mol. The first-order valence-electron chi connectivity index (χ1n) is 6.58. The Morgan fingerprint density at radius 2 is 1.40 bits per heavy atom. The summed E-state index contributed by atoms with van der Waals surface area (Å²) in [5.41, 5.74) is 1.47. The van der Waals surface area contributed by atoms with Crippen molar-refractivity contribution in [3.8, 4) is 5.75 Å². The van der Waals surface area contributed by atoms with Crippen LogP contribution in [0.5, 0.6) is 5.75 Å². The average molecular weight is 335 g/mol. The van der Waals surface area contributed by atoms with Crippen LogP contribution in [0.15, 0.2) is 53.0 Å². The largest absolute Gasteiger partial charge is 0.497 e. The summed E-state index contributed by atoms with van der Waals surface area (Å²) in [6, 6.07) is 15.9. The number of hydrogen-bond acceptors (Lipinski definition) is 2. The molecule has 1 N–H and O–H groups in total. The van der Waals surface area contributed by atoms with E-state index in [1.165, 1.54) is 0 Å². The van der Waals surface area contributed by atoms with Crippen molar-refractivity contribution < 1.29 is 9.84 Å². The van der Waals surface area contributed by atoms with Crippen LogP contribution in [-0.4, -0.2) is 17.8 Å². The molecule has 0 saturated heterocycles. The van der Waals surface area contributed by atoms with Crippen molar-refractivity contribution in [2.45, 2.75) is 25.4 Å². The van der Waals surface area contributed by atoms with Crippen LogP contribution in [-0.2, 0) is 12.8 Å². The predicted octanol–water partition coefficient (Wildman–Crippen LogP) is 3.99. The molecule has 1 atom stereocenters. The Morgan fingerprint density at radius 1 is 0.950 bits per heavy atom. The fourth-order valence-electron chi connectivity index (χ4n) is 2.29. The SMILES string of the molecule is COc1ccc(CC(C)(O)Cc2ccc(Br)cc2)cc1. The molecule has 0 bridgehead atoms. The van der Waals surface area contributed by atoms with Crippen molar-refractivity contribution in [3.05, 3.63) is 64.1 Å². The zero-order valence-electron chi connectivity index (χ0n) is 11.8. The highest BCUT2D eigenvalue weighted by atomic mass is 79.9. The molecule has 106 valence electrons. The summed E-state index contributed by atoms with van der Waals surface area (Å²) in [5.74, 6) is 0.835. The van der Waals surface area contributed by atoms with Gasteiger partial charge in [0.05, 0.1) is 12.7 Å². The minimum Gasteiger partial charge on any atom is -0.497 e. The number of hydrogen-bond donors (Lipinski definition) is 1. The molecule has 0 fully saturated rings. The first-order valence-corrected chi connectivity index (χ1v) is 7.37. The Bertz CT molecular complexity index is 544. The molecule has 0 saturated carbocycles. The lowest BCUT2D eigenvalue weighted by molar-refractivity contribution is 0.0608. The normalized spacial score (nSPS) is 13.8. The first kappa shape index (κ1) is 15.1. The second-order valence-electron chi connectivity index (χ2n) is 5.33. The van der Waals surface area contributed by atoms with Gasteiger partial charge >= 0.3 is 0 Å². The molecule has 0 aliphatic rings. The van der Waals surface area contributed by atoms with E-state index in [1.54, 1.807) is 7.11 Å². The molecule has 0 heterocycles. The van der Waals surface area contributed by atoms with Crippen LogP contribution in [0.3, 0.4) is 0 Å². The molecular weight excluding hydrogens is 316 g/mol. The van der Waals surface area contributed by atoms with Gasteiger partial charge in [-0.15, -0.1) is 0 Å². The number of ether oxygens (including phenoxy) is 1. The highest BCUT2D eigenvalue weighted by Gasteiger charge is 2.21. The molecule has 2 aromatic carbocycles. The molecule has 1 unspecified atom stereocenters. The lowest BCUT2D eigenvalue weighted by Gasteiger charge is -2.23. The van der Waals surface area contributed by atoms with Gasteiger partial charge in [0.15, 0.2) is 0 Å². The molecule has 2 rings (SSSR count). The van der Waals surface area contributed by atoms with Gasteiger partial charge in [0, 0.05) is 17.3 Å². The van der Waals surface area contributed by atoms with Crippen LogP contribution in [0, 0.1) is 0 Å². The number of aliphatic hydroxyl groups is 1. The van der Waals surface area contributed by atoms with E-state index in [0.717, 1.165) is 21.3 Å². The van der Waals surface area contributed by atoms with Gasteiger partial charge in [-0.25, -0.2) is 0 Å². The summed E-state index contributed by atoms with van der Waals surface area (Å²) in [4.78, 5) is 0. The molecule has 0 aromatic heterocycles. The molecule has 3 heteroatoms. The summed E-state index contributed by atoms with van der Waals surface area (Å²) < 4.78 is 6.19. The van der Waals surface area contributed by atoms with Crippen LogP contribution in [0.2, 0.25) is 0 Å². The van der Waals surface area contributed by atoms with E-state index in [9.17, 15) is 5.11 Å². The fourth-order valence-corrected chi connectivity index (χ4v) is 2.55. The van der Waals surface area contributed by atoms with Crippen LogP contribution in [0.25, 0.3) is 0 Å². The lowest BCUT2D eigenvalue weighted by atomic mass is 9.90. The summed E-state index contributed by atoms with van der Waals surface area (Å²) >= 11 is 3.42. The summed E-state index contributed by atoms with van der Waals surface area (Å²) in [7, 11) is 1.65. The lowest BCUT2D eigenvalue weighted by Crippen LogP contribution is -2.30. The van der Waals surface area contributed by atoms with Gasteiger partial charge < -0.3 is 9.84 Å². The van der Waals surface area contributed by atoms with Crippen molar-refractivity contribution in [3.63, 3.8) is 0 Å².